The van der Waals surface area contributed by atoms with Gasteiger partial charge in [0.2, 0.25) is 10.0 Å². The van der Waals surface area contributed by atoms with Crippen molar-refractivity contribution in [1.82, 2.24) is 4.31 Å². The lowest BCUT2D eigenvalue weighted by molar-refractivity contribution is 0.198. The fourth-order valence-corrected chi connectivity index (χ4v) is 3.94. The summed E-state index contributed by atoms with van der Waals surface area (Å²) in [6.07, 6.45) is 2.98. The maximum atomic E-state index is 13.5. The smallest absolute Gasteiger partial charge is 0.243 e. The van der Waals surface area contributed by atoms with E-state index in [9.17, 15) is 12.8 Å². The van der Waals surface area contributed by atoms with Crippen molar-refractivity contribution in [1.29, 1.82) is 0 Å². The van der Waals surface area contributed by atoms with Crippen molar-refractivity contribution in [2.24, 2.45) is 0 Å². The van der Waals surface area contributed by atoms with E-state index >= 15 is 0 Å². The summed E-state index contributed by atoms with van der Waals surface area (Å²) < 4.78 is 40.0. The molecule has 0 aliphatic heterocycles. The van der Waals surface area contributed by atoms with Crippen LogP contribution in [-0.2, 0) is 10.0 Å². The van der Waals surface area contributed by atoms with Gasteiger partial charge in [0.15, 0.2) is 0 Å². The molecule has 0 radical (unpaired) electrons. The first kappa shape index (κ1) is 15.2. The van der Waals surface area contributed by atoms with Gasteiger partial charge in [-0.1, -0.05) is 6.42 Å². The van der Waals surface area contributed by atoms with Gasteiger partial charge in [0.05, 0.1) is 10.6 Å². The van der Waals surface area contributed by atoms with Crippen LogP contribution in [0.5, 0.6) is 0 Å². The van der Waals surface area contributed by atoms with Crippen molar-refractivity contribution in [3.8, 4) is 0 Å². The molecule has 0 aromatic heterocycles. The number of nitrogen functional groups attached to an aromatic ring is 1. The average Bonchev–Trinajstić information content (AvgIpc) is 2.35. The van der Waals surface area contributed by atoms with Crippen LogP contribution >= 0.6 is 0 Å². The number of hydrogen-bond donors (Lipinski definition) is 2. The third kappa shape index (κ3) is 2.94. The zero-order valence-electron chi connectivity index (χ0n) is 11.1. The maximum absolute atomic E-state index is 13.5. The van der Waals surface area contributed by atoms with E-state index in [2.05, 4.69) is 0 Å². The highest BCUT2D eigenvalue weighted by atomic mass is 32.2. The number of aliphatic hydroxyl groups is 1. The van der Waals surface area contributed by atoms with Crippen molar-refractivity contribution < 1.29 is 17.9 Å². The summed E-state index contributed by atoms with van der Waals surface area (Å²) in [6, 6.07) is 3.48. The number of rotatable bonds is 6. The topological polar surface area (TPSA) is 83.6 Å². The molecule has 1 fully saturated rings. The molecule has 7 heteroatoms. The van der Waals surface area contributed by atoms with Gasteiger partial charge in [0.25, 0.3) is 0 Å². The van der Waals surface area contributed by atoms with Crippen LogP contribution in [0.3, 0.4) is 0 Å². The summed E-state index contributed by atoms with van der Waals surface area (Å²) in [5.41, 5.74) is 5.29. The summed E-state index contributed by atoms with van der Waals surface area (Å²) >= 11 is 0. The lowest BCUT2D eigenvalue weighted by Crippen LogP contribution is -2.44. The third-order valence-corrected chi connectivity index (χ3v) is 5.54. The van der Waals surface area contributed by atoms with Gasteiger partial charge in [-0.05, 0) is 37.5 Å². The quantitative estimate of drug-likeness (QED) is 0.777. The van der Waals surface area contributed by atoms with E-state index in [-0.39, 0.29) is 29.8 Å². The molecular weight excluding hydrogens is 283 g/mol. The van der Waals surface area contributed by atoms with Crippen molar-refractivity contribution in [3.05, 3.63) is 24.0 Å². The molecule has 0 amide bonds. The summed E-state index contributed by atoms with van der Waals surface area (Å²) in [5, 5.41) is 8.91. The van der Waals surface area contributed by atoms with Crippen molar-refractivity contribution in [2.45, 2.75) is 36.6 Å². The van der Waals surface area contributed by atoms with Gasteiger partial charge in [-0.15, -0.1) is 0 Å². The van der Waals surface area contributed by atoms with Gasteiger partial charge < -0.3 is 10.8 Å². The Balaban J connectivity index is 2.30. The maximum Gasteiger partial charge on any atom is 0.243 e. The normalized spacial score (nSPS) is 16.4. The fraction of sp³-hybridized carbons (Fsp3) is 0.538. The molecule has 1 aromatic rings. The first-order chi connectivity index (χ1) is 9.46. The van der Waals surface area contributed by atoms with E-state index in [1.165, 1.54) is 16.4 Å². The summed E-state index contributed by atoms with van der Waals surface area (Å²) in [5.74, 6) is -0.734. The summed E-state index contributed by atoms with van der Waals surface area (Å²) in [6.45, 7) is 0.171. The lowest BCUT2D eigenvalue weighted by atomic mass is 9.93. The SMILES string of the molecule is Nc1ccc(S(=O)(=O)N(CCCO)C2CCC2)cc1F. The number of nitrogens with zero attached hydrogens (tertiary/aromatic N) is 1. The number of benzene rings is 1. The summed E-state index contributed by atoms with van der Waals surface area (Å²) in [4.78, 5) is -0.0889. The fourth-order valence-electron chi connectivity index (χ4n) is 2.20. The number of anilines is 1. The van der Waals surface area contributed by atoms with Crippen LogP contribution in [0, 0.1) is 5.82 Å². The minimum Gasteiger partial charge on any atom is -0.396 e. The Bertz CT molecular complexity index is 573. The molecule has 0 spiro atoms. The molecule has 0 saturated heterocycles. The molecule has 0 heterocycles. The molecule has 1 aliphatic carbocycles. The minimum atomic E-state index is -3.75. The minimum absolute atomic E-state index is 0.0489. The molecular formula is C13H19FN2O3S. The van der Waals surface area contributed by atoms with Crippen LogP contribution in [0.15, 0.2) is 23.1 Å². The zero-order chi connectivity index (χ0) is 14.8. The summed E-state index contributed by atoms with van der Waals surface area (Å²) in [7, 11) is -3.75. The van der Waals surface area contributed by atoms with E-state index in [1.807, 2.05) is 0 Å². The van der Waals surface area contributed by atoms with Crippen LogP contribution in [0.2, 0.25) is 0 Å². The highest BCUT2D eigenvalue weighted by molar-refractivity contribution is 7.89. The van der Waals surface area contributed by atoms with Crippen LogP contribution in [0.4, 0.5) is 10.1 Å². The van der Waals surface area contributed by atoms with E-state index < -0.39 is 15.8 Å². The molecule has 0 bridgehead atoms. The Morgan fingerprint density at radius 3 is 2.60 bits per heavy atom. The second-order valence-electron chi connectivity index (χ2n) is 4.96. The highest BCUT2D eigenvalue weighted by Crippen LogP contribution is 2.30. The Hall–Kier alpha value is -1.18. The molecule has 1 saturated carbocycles. The van der Waals surface area contributed by atoms with Gasteiger partial charge >= 0.3 is 0 Å². The first-order valence-corrected chi connectivity index (χ1v) is 8.08. The lowest BCUT2D eigenvalue weighted by Gasteiger charge is -2.36. The van der Waals surface area contributed by atoms with Gasteiger partial charge in [-0.3, -0.25) is 0 Å². The van der Waals surface area contributed by atoms with Crippen molar-refractivity contribution in [2.75, 3.05) is 18.9 Å². The number of aliphatic hydroxyl groups excluding tert-OH is 1. The van der Waals surface area contributed by atoms with Crippen LogP contribution in [0.25, 0.3) is 0 Å². The van der Waals surface area contributed by atoms with Crippen molar-refractivity contribution in [3.63, 3.8) is 0 Å². The molecule has 5 nitrogen and oxygen atoms in total. The van der Waals surface area contributed by atoms with E-state index in [4.69, 9.17) is 10.8 Å². The van der Waals surface area contributed by atoms with E-state index in [0.29, 0.717) is 6.42 Å². The largest absolute Gasteiger partial charge is 0.396 e. The molecule has 20 heavy (non-hydrogen) atoms. The third-order valence-electron chi connectivity index (χ3n) is 3.60. The van der Waals surface area contributed by atoms with Gasteiger partial charge in [0, 0.05) is 19.2 Å². The number of hydrogen-bond acceptors (Lipinski definition) is 4. The van der Waals surface area contributed by atoms with Crippen molar-refractivity contribution >= 4 is 15.7 Å². The van der Waals surface area contributed by atoms with Crippen LogP contribution in [0.1, 0.15) is 25.7 Å². The molecule has 1 aromatic carbocycles. The Morgan fingerprint density at radius 1 is 1.40 bits per heavy atom. The van der Waals surface area contributed by atoms with Crippen LogP contribution in [-0.4, -0.2) is 37.0 Å². The van der Waals surface area contributed by atoms with E-state index in [0.717, 1.165) is 25.3 Å². The molecule has 112 valence electrons. The van der Waals surface area contributed by atoms with Gasteiger partial charge in [-0.25, -0.2) is 12.8 Å². The van der Waals surface area contributed by atoms with Gasteiger partial charge in [0.1, 0.15) is 5.82 Å². The second-order valence-corrected chi connectivity index (χ2v) is 6.85. The Labute approximate surface area is 118 Å². The molecule has 2 rings (SSSR count). The predicted molar refractivity (Wildman–Crippen MR) is 74.0 cm³/mol. The number of halogens is 1. The standard InChI is InChI=1S/C13H19FN2O3S/c14-12-9-11(5-6-13(12)15)20(18,19)16(7-2-8-17)10-3-1-4-10/h5-6,9-10,17H,1-4,7-8,15H2. The van der Waals surface area contributed by atoms with Crippen LogP contribution < -0.4 is 5.73 Å². The highest BCUT2D eigenvalue weighted by Gasteiger charge is 2.34. The monoisotopic (exact) mass is 302 g/mol. The molecule has 3 N–H and O–H groups in total. The van der Waals surface area contributed by atoms with Gasteiger partial charge in [-0.2, -0.15) is 4.31 Å². The Kier molecular flexibility index (Phi) is 4.62. The number of nitrogens with two attached hydrogens (primary N) is 1. The average molecular weight is 302 g/mol. The molecule has 0 atom stereocenters. The first-order valence-electron chi connectivity index (χ1n) is 6.64. The second kappa shape index (κ2) is 6.07. The Morgan fingerprint density at radius 2 is 2.10 bits per heavy atom. The molecule has 1 aliphatic rings. The molecule has 0 unspecified atom stereocenters. The zero-order valence-corrected chi connectivity index (χ0v) is 11.9. The number of sulfonamides is 1. The predicted octanol–water partition coefficient (Wildman–Crippen LogP) is 1.33. The van der Waals surface area contributed by atoms with E-state index in [1.54, 1.807) is 0 Å².